The molecule has 0 fully saturated rings. The lowest BCUT2D eigenvalue weighted by Crippen LogP contribution is -2.24. The Morgan fingerprint density at radius 1 is 1.38 bits per heavy atom. The Morgan fingerprint density at radius 3 is 2.67 bits per heavy atom. The molecule has 0 atom stereocenters. The maximum Gasteiger partial charge on any atom is 0.329 e. The van der Waals surface area contributed by atoms with Crippen LogP contribution in [0.15, 0.2) is 30.7 Å². The predicted octanol–water partition coefficient (Wildman–Crippen LogP) is 1.85. The van der Waals surface area contributed by atoms with E-state index in [4.69, 9.17) is 0 Å². The Hall–Kier alpha value is -2.77. The normalized spacial score (nSPS) is 10.2. The fourth-order valence-corrected chi connectivity index (χ4v) is 1.89. The van der Waals surface area contributed by atoms with Gasteiger partial charge in [0.1, 0.15) is 6.20 Å². The number of hydrogen-bond acceptors (Lipinski definition) is 7. The van der Waals surface area contributed by atoms with E-state index in [0.717, 1.165) is 5.56 Å². The molecule has 1 N–H and O–H groups in total. The SMILES string of the molecule is CCN(Cc1ccncc1)c1nc(NC)ncc1[N+](=O)[O-]. The van der Waals surface area contributed by atoms with Gasteiger partial charge in [-0.2, -0.15) is 4.98 Å². The van der Waals surface area contributed by atoms with E-state index < -0.39 is 4.92 Å². The molecular formula is C13H16N6O2. The van der Waals surface area contributed by atoms with Crippen molar-refractivity contribution in [3.05, 3.63) is 46.4 Å². The van der Waals surface area contributed by atoms with Crippen LogP contribution in [-0.2, 0) is 6.54 Å². The van der Waals surface area contributed by atoms with Crippen LogP contribution in [0.5, 0.6) is 0 Å². The van der Waals surface area contributed by atoms with Crippen molar-refractivity contribution in [1.82, 2.24) is 15.0 Å². The lowest BCUT2D eigenvalue weighted by molar-refractivity contribution is -0.384. The molecule has 0 aliphatic rings. The molecule has 2 rings (SSSR count). The van der Waals surface area contributed by atoms with Gasteiger partial charge in [0, 0.05) is 32.5 Å². The highest BCUT2D eigenvalue weighted by atomic mass is 16.6. The van der Waals surface area contributed by atoms with Gasteiger partial charge in [0.05, 0.1) is 4.92 Å². The summed E-state index contributed by atoms with van der Waals surface area (Å²) in [5.74, 6) is 0.655. The number of nitrogens with zero attached hydrogens (tertiary/aromatic N) is 5. The zero-order chi connectivity index (χ0) is 15.2. The van der Waals surface area contributed by atoms with Crippen molar-refractivity contribution < 1.29 is 4.92 Å². The fraction of sp³-hybridized carbons (Fsp3) is 0.308. The minimum Gasteiger partial charge on any atom is -0.357 e. The molecule has 0 unspecified atom stereocenters. The molecule has 0 aliphatic heterocycles. The fourth-order valence-electron chi connectivity index (χ4n) is 1.89. The van der Waals surface area contributed by atoms with Crippen molar-refractivity contribution in [2.45, 2.75) is 13.5 Å². The molecule has 0 radical (unpaired) electrons. The van der Waals surface area contributed by atoms with Crippen LogP contribution in [0.2, 0.25) is 0 Å². The molecule has 2 aromatic heterocycles. The minimum atomic E-state index is -0.468. The molecule has 2 heterocycles. The number of pyridine rings is 1. The summed E-state index contributed by atoms with van der Waals surface area (Å²) in [6.45, 7) is 3.02. The Labute approximate surface area is 122 Å². The van der Waals surface area contributed by atoms with Crippen molar-refractivity contribution in [2.24, 2.45) is 0 Å². The summed E-state index contributed by atoms with van der Waals surface area (Å²) in [7, 11) is 1.67. The average molecular weight is 288 g/mol. The number of rotatable bonds is 6. The van der Waals surface area contributed by atoms with Gasteiger partial charge in [0.15, 0.2) is 0 Å². The van der Waals surface area contributed by atoms with Crippen LogP contribution < -0.4 is 10.2 Å². The zero-order valence-electron chi connectivity index (χ0n) is 11.9. The van der Waals surface area contributed by atoms with Crippen LogP contribution in [0, 0.1) is 10.1 Å². The van der Waals surface area contributed by atoms with Gasteiger partial charge < -0.3 is 10.2 Å². The van der Waals surface area contributed by atoms with E-state index in [9.17, 15) is 10.1 Å². The van der Waals surface area contributed by atoms with Gasteiger partial charge >= 0.3 is 5.69 Å². The predicted molar refractivity (Wildman–Crippen MR) is 79.2 cm³/mol. The van der Waals surface area contributed by atoms with Gasteiger partial charge in [-0.05, 0) is 24.6 Å². The topological polar surface area (TPSA) is 97.1 Å². The average Bonchev–Trinajstić information content (AvgIpc) is 2.52. The van der Waals surface area contributed by atoms with E-state index in [1.807, 2.05) is 24.0 Å². The first kappa shape index (κ1) is 14.6. The highest BCUT2D eigenvalue weighted by Crippen LogP contribution is 2.27. The molecule has 0 aliphatic carbocycles. The molecule has 0 saturated heterocycles. The maximum absolute atomic E-state index is 11.2. The summed E-state index contributed by atoms with van der Waals surface area (Å²) in [6.07, 6.45) is 4.61. The standard InChI is InChI=1S/C13H16N6O2/c1-3-18(9-10-4-6-15-7-5-10)12-11(19(20)21)8-16-13(14-2)17-12/h4-8H,3,9H2,1-2H3,(H,14,16,17). The second-order valence-corrected chi connectivity index (χ2v) is 4.28. The summed E-state index contributed by atoms with van der Waals surface area (Å²) in [5, 5.41) is 14.0. The van der Waals surface area contributed by atoms with E-state index in [1.54, 1.807) is 19.4 Å². The summed E-state index contributed by atoms with van der Waals surface area (Å²) >= 11 is 0. The third-order valence-corrected chi connectivity index (χ3v) is 2.97. The van der Waals surface area contributed by atoms with Crippen molar-refractivity contribution in [3.8, 4) is 0 Å². The number of aromatic nitrogens is 3. The third kappa shape index (κ3) is 3.41. The number of nitro groups is 1. The molecular weight excluding hydrogens is 272 g/mol. The quantitative estimate of drug-likeness (QED) is 0.639. The number of nitrogens with one attached hydrogen (secondary N) is 1. The molecule has 0 aromatic carbocycles. The minimum absolute atomic E-state index is 0.107. The van der Waals surface area contributed by atoms with E-state index in [-0.39, 0.29) is 5.69 Å². The summed E-state index contributed by atoms with van der Waals surface area (Å²) in [4.78, 5) is 24.6. The Morgan fingerprint density at radius 2 is 2.10 bits per heavy atom. The largest absolute Gasteiger partial charge is 0.357 e. The van der Waals surface area contributed by atoms with Crippen LogP contribution >= 0.6 is 0 Å². The molecule has 21 heavy (non-hydrogen) atoms. The summed E-state index contributed by atoms with van der Waals surface area (Å²) in [5.41, 5.74) is 0.899. The van der Waals surface area contributed by atoms with Gasteiger partial charge in [-0.3, -0.25) is 15.1 Å². The van der Waals surface area contributed by atoms with Crippen LogP contribution in [0.3, 0.4) is 0 Å². The van der Waals surface area contributed by atoms with Gasteiger partial charge in [0.2, 0.25) is 11.8 Å². The maximum atomic E-state index is 11.2. The summed E-state index contributed by atoms with van der Waals surface area (Å²) < 4.78 is 0. The second-order valence-electron chi connectivity index (χ2n) is 4.28. The van der Waals surface area contributed by atoms with E-state index in [2.05, 4.69) is 20.3 Å². The lowest BCUT2D eigenvalue weighted by atomic mass is 10.2. The van der Waals surface area contributed by atoms with Crippen molar-refractivity contribution in [1.29, 1.82) is 0 Å². The third-order valence-electron chi connectivity index (χ3n) is 2.97. The molecule has 0 bridgehead atoms. The van der Waals surface area contributed by atoms with Crippen molar-refractivity contribution >= 4 is 17.5 Å². The molecule has 0 amide bonds. The number of anilines is 2. The van der Waals surface area contributed by atoms with Gasteiger partial charge in [-0.15, -0.1) is 0 Å². The van der Waals surface area contributed by atoms with Crippen molar-refractivity contribution in [2.75, 3.05) is 23.8 Å². The molecule has 8 nitrogen and oxygen atoms in total. The first-order valence-electron chi connectivity index (χ1n) is 6.48. The molecule has 2 aromatic rings. The van der Waals surface area contributed by atoms with Crippen LogP contribution in [0.1, 0.15) is 12.5 Å². The van der Waals surface area contributed by atoms with Gasteiger partial charge in [-0.1, -0.05) is 0 Å². The van der Waals surface area contributed by atoms with E-state index in [0.29, 0.717) is 24.9 Å². The van der Waals surface area contributed by atoms with E-state index in [1.165, 1.54) is 6.20 Å². The highest BCUT2D eigenvalue weighted by molar-refractivity contribution is 5.59. The first-order chi connectivity index (χ1) is 10.2. The van der Waals surface area contributed by atoms with Gasteiger partial charge in [0.25, 0.3) is 0 Å². The van der Waals surface area contributed by atoms with Crippen molar-refractivity contribution in [3.63, 3.8) is 0 Å². The monoisotopic (exact) mass is 288 g/mol. The number of hydrogen-bond donors (Lipinski definition) is 1. The van der Waals surface area contributed by atoms with Crippen LogP contribution in [-0.4, -0.2) is 33.5 Å². The second kappa shape index (κ2) is 6.60. The smallest absolute Gasteiger partial charge is 0.329 e. The Balaban J connectivity index is 2.38. The molecule has 0 saturated carbocycles. The highest BCUT2D eigenvalue weighted by Gasteiger charge is 2.22. The van der Waals surface area contributed by atoms with Crippen LogP contribution in [0.25, 0.3) is 0 Å². The molecule has 110 valence electrons. The molecule has 8 heteroatoms. The summed E-state index contributed by atoms with van der Waals surface area (Å²) in [6, 6.07) is 3.74. The lowest BCUT2D eigenvalue weighted by Gasteiger charge is -2.21. The van der Waals surface area contributed by atoms with Crippen LogP contribution in [0.4, 0.5) is 17.5 Å². The van der Waals surface area contributed by atoms with E-state index >= 15 is 0 Å². The molecule has 0 spiro atoms. The van der Waals surface area contributed by atoms with Gasteiger partial charge in [-0.25, -0.2) is 4.98 Å². The zero-order valence-corrected chi connectivity index (χ0v) is 11.9. The Kier molecular flexibility index (Phi) is 4.60. The Bertz CT molecular complexity index is 619. The first-order valence-corrected chi connectivity index (χ1v) is 6.48.